The number of hydrogen-bond donors (Lipinski definition) is 2. The average molecular weight is 470 g/mol. The maximum Gasteiger partial charge on any atom is 0.276 e. The molecule has 1 aliphatic rings. The van der Waals surface area contributed by atoms with Crippen molar-refractivity contribution in [3.05, 3.63) is 53.0 Å². The Morgan fingerprint density at radius 1 is 1.29 bits per heavy atom. The van der Waals surface area contributed by atoms with Crippen molar-refractivity contribution in [2.45, 2.75) is 59.0 Å². The van der Waals surface area contributed by atoms with E-state index in [2.05, 4.69) is 15.4 Å². The first kappa shape index (κ1) is 23.6. The second-order valence-corrected chi connectivity index (χ2v) is 9.38. The van der Waals surface area contributed by atoms with Crippen LogP contribution in [-0.2, 0) is 6.54 Å². The number of rotatable bonds is 7. The van der Waals surface area contributed by atoms with E-state index in [-0.39, 0.29) is 30.8 Å². The second kappa shape index (κ2) is 8.68. The maximum atomic E-state index is 14.4. The number of carbonyl (C=O) groups excluding carboxylic acids is 2. The van der Waals surface area contributed by atoms with Crippen molar-refractivity contribution in [1.29, 1.82) is 0 Å². The smallest absolute Gasteiger partial charge is 0.276 e. The summed E-state index contributed by atoms with van der Waals surface area (Å²) in [6, 6.07) is 5.06. The predicted molar refractivity (Wildman–Crippen MR) is 124 cm³/mol. The Kier molecular flexibility index (Phi) is 6.03. The molecule has 180 valence electrons. The van der Waals surface area contributed by atoms with Gasteiger partial charge in [-0.05, 0) is 63.9 Å². The number of aryl methyl sites for hydroxylation is 1. The molecule has 9 nitrogen and oxygen atoms in total. The molecule has 4 rings (SSSR count). The van der Waals surface area contributed by atoms with E-state index >= 15 is 0 Å². The summed E-state index contributed by atoms with van der Waals surface area (Å²) in [6.45, 7) is 8.20. The van der Waals surface area contributed by atoms with Crippen LogP contribution < -0.4 is 10.1 Å². The highest BCUT2D eigenvalue weighted by atomic mass is 19.1. The molecular weight excluding hydrogens is 441 g/mol. The van der Waals surface area contributed by atoms with Gasteiger partial charge in [0, 0.05) is 12.1 Å². The van der Waals surface area contributed by atoms with E-state index in [1.807, 2.05) is 26.8 Å². The Bertz CT molecular complexity index is 1260. The summed E-state index contributed by atoms with van der Waals surface area (Å²) >= 11 is 0. The fourth-order valence-electron chi connectivity index (χ4n) is 3.73. The first-order chi connectivity index (χ1) is 15.9. The Morgan fingerprint density at radius 2 is 2.03 bits per heavy atom. The summed E-state index contributed by atoms with van der Waals surface area (Å²) in [6.07, 6.45) is 1.26. The third-order valence-corrected chi connectivity index (χ3v) is 5.57. The number of carbonyl (C=O) groups is 2. The number of nitrogens with zero attached hydrogens (tertiary/aromatic N) is 4. The van der Waals surface area contributed by atoms with E-state index in [4.69, 9.17) is 4.74 Å². The molecule has 34 heavy (non-hydrogen) atoms. The molecule has 3 aromatic rings. The van der Waals surface area contributed by atoms with Crippen LogP contribution in [0.25, 0.3) is 5.65 Å². The number of ether oxygens (including phenoxy) is 1. The number of nitrogens with one attached hydrogen (secondary N) is 1. The van der Waals surface area contributed by atoms with Crippen LogP contribution >= 0.6 is 0 Å². The SMILES string of the molecule is Cc1cnn2c(C(=O)Nc3cc4c(cc3OC(C)C)C(=O)N(C[C@@H](F)C(C)(C)O)C4)cnc2c1. The molecule has 0 saturated heterocycles. The van der Waals surface area contributed by atoms with Crippen LogP contribution in [0.1, 0.15) is 59.7 Å². The summed E-state index contributed by atoms with van der Waals surface area (Å²) in [4.78, 5) is 31.6. The largest absolute Gasteiger partial charge is 0.489 e. The van der Waals surface area contributed by atoms with Crippen LogP contribution in [0.4, 0.5) is 10.1 Å². The van der Waals surface area contributed by atoms with Crippen LogP contribution in [0, 0.1) is 6.92 Å². The Morgan fingerprint density at radius 3 is 2.71 bits per heavy atom. The fourth-order valence-corrected chi connectivity index (χ4v) is 3.73. The van der Waals surface area contributed by atoms with Gasteiger partial charge in [0.1, 0.15) is 11.9 Å². The van der Waals surface area contributed by atoms with Crippen LogP contribution in [0.5, 0.6) is 5.75 Å². The van der Waals surface area contributed by atoms with Crippen molar-refractivity contribution >= 4 is 23.1 Å². The lowest BCUT2D eigenvalue weighted by molar-refractivity contribution is -0.0159. The first-order valence-electron chi connectivity index (χ1n) is 11.0. The number of aromatic nitrogens is 3. The molecule has 1 atom stereocenters. The lowest BCUT2D eigenvalue weighted by Crippen LogP contribution is -2.42. The molecule has 3 heterocycles. The molecular formula is C24H28FN5O4. The van der Waals surface area contributed by atoms with Crippen LogP contribution in [0.2, 0.25) is 0 Å². The second-order valence-electron chi connectivity index (χ2n) is 9.38. The molecule has 2 amide bonds. The molecule has 0 bridgehead atoms. The molecule has 0 fully saturated rings. The van der Waals surface area contributed by atoms with Gasteiger partial charge in [0.05, 0.1) is 36.3 Å². The minimum absolute atomic E-state index is 0.159. The monoisotopic (exact) mass is 469 g/mol. The van der Waals surface area contributed by atoms with Gasteiger partial charge in [-0.2, -0.15) is 5.10 Å². The van der Waals surface area contributed by atoms with Crippen molar-refractivity contribution in [3.63, 3.8) is 0 Å². The standard InChI is InChI=1S/C24H28FN5O4/c1-13(2)34-19-8-16-15(11-29(23(16)32)12-20(25)24(4,5)33)7-17(19)28-22(31)18-10-26-21-6-14(3)9-27-30(18)21/h6-10,13,20,33H,11-12H2,1-5H3,(H,28,31)/t20-/m1/s1. The van der Waals surface area contributed by atoms with Gasteiger partial charge in [-0.1, -0.05) is 0 Å². The Labute approximate surface area is 196 Å². The normalized spacial score (nSPS) is 14.6. The minimum atomic E-state index is -1.61. The number of amides is 2. The van der Waals surface area contributed by atoms with E-state index < -0.39 is 17.7 Å². The quantitative estimate of drug-likeness (QED) is 0.550. The number of anilines is 1. The zero-order valence-corrected chi connectivity index (χ0v) is 19.8. The molecule has 2 N–H and O–H groups in total. The van der Waals surface area contributed by atoms with Gasteiger partial charge in [0.2, 0.25) is 0 Å². The third kappa shape index (κ3) is 4.58. The van der Waals surface area contributed by atoms with E-state index in [9.17, 15) is 19.1 Å². The molecule has 10 heteroatoms. The molecule has 0 unspecified atom stereocenters. The highest BCUT2D eigenvalue weighted by molar-refractivity contribution is 6.05. The van der Waals surface area contributed by atoms with Crippen LogP contribution in [0.3, 0.4) is 0 Å². The summed E-state index contributed by atoms with van der Waals surface area (Å²) in [5.41, 5.74) is 1.54. The summed E-state index contributed by atoms with van der Waals surface area (Å²) < 4.78 is 21.8. The number of aliphatic hydroxyl groups is 1. The molecule has 2 aromatic heterocycles. The van der Waals surface area contributed by atoms with Crippen LogP contribution in [0.15, 0.2) is 30.6 Å². The van der Waals surface area contributed by atoms with Crippen LogP contribution in [-0.4, -0.2) is 60.8 Å². The molecule has 1 aliphatic heterocycles. The highest BCUT2D eigenvalue weighted by Gasteiger charge is 2.35. The average Bonchev–Trinajstić information content (AvgIpc) is 3.28. The van der Waals surface area contributed by atoms with E-state index in [0.717, 1.165) is 5.56 Å². The molecule has 0 saturated carbocycles. The Balaban J connectivity index is 1.64. The lowest BCUT2D eigenvalue weighted by Gasteiger charge is -2.26. The van der Waals surface area contributed by atoms with E-state index in [0.29, 0.717) is 28.2 Å². The van der Waals surface area contributed by atoms with Gasteiger partial charge in [0.25, 0.3) is 11.8 Å². The van der Waals surface area contributed by atoms with E-state index in [1.54, 1.807) is 18.3 Å². The predicted octanol–water partition coefficient (Wildman–Crippen LogP) is 3.14. The van der Waals surface area contributed by atoms with Gasteiger partial charge < -0.3 is 20.1 Å². The number of alkyl halides is 1. The zero-order chi connectivity index (χ0) is 24.8. The number of fused-ring (bicyclic) bond motifs is 2. The fraction of sp³-hybridized carbons (Fsp3) is 0.417. The summed E-state index contributed by atoms with van der Waals surface area (Å²) in [5.74, 6) is -0.464. The van der Waals surface area contributed by atoms with Gasteiger partial charge in [-0.15, -0.1) is 0 Å². The molecule has 0 aliphatic carbocycles. The number of imidazole rings is 1. The van der Waals surface area contributed by atoms with Gasteiger partial charge in [-0.3, -0.25) is 9.59 Å². The lowest BCUT2D eigenvalue weighted by atomic mass is 10.0. The number of hydrogen-bond acceptors (Lipinski definition) is 6. The Hall–Kier alpha value is -3.53. The molecule has 1 aromatic carbocycles. The van der Waals surface area contributed by atoms with Crippen molar-refractivity contribution in [3.8, 4) is 5.75 Å². The first-order valence-corrected chi connectivity index (χ1v) is 11.0. The van der Waals surface area contributed by atoms with Gasteiger partial charge in [-0.25, -0.2) is 13.9 Å². The molecule has 0 spiro atoms. The third-order valence-electron chi connectivity index (χ3n) is 5.57. The molecule has 0 radical (unpaired) electrons. The van der Waals surface area contributed by atoms with Crippen molar-refractivity contribution in [2.75, 3.05) is 11.9 Å². The summed E-state index contributed by atoms with van der Waals surface area (Å²) in [5, 5.41) is 17.0. The maximum absolute atomic E-state index is 14.4. The highest BCUT2D eigenvalue weighted by Crippen LogP contribution is 2.35. The minimum Gasteiger partial charge on any atom is -0.489 e. The zero-order valence-electron chi connectivity index (χ0n) is 19.8. The number of halogens is 1. The van der Waals surface area contributed by atoms with Crippen molar-refractivity contribution in [1.82, 2.24) is 19.5 Å². The topological polar surface area (TPSA) is 109 Å². The van der Waals surface area contributed by atoms with E-state index in [1.165, 1.54) is 29.5 Å². The van der Waals surface area contributed by atoms with Gasteiger partial charge >= 0.3 is 0 Å². The summed E-state index contributed by atoms with van der Waals surface area (Å²) in [7, 11) is 0. The van der Waals surface area contributed by atoms with Crippen molar-refractivity contribution < 1.29 is 23.8 Å². The van der Waals surface area contributed by atoms with Crippen molar-refractivity contribution in [2.24, 2.45) is 0 Å². The number of benzene rings is 1. The van der Waals surface area contributed by atoms with Gasteiger partial charge in [0.15, 0.2) is 11.3 Å².